The predicted molar refractivity (Wildman–Crippen MR) is 61.4 cm³/mol. The van der Waals surface area contributed by atoms with Crippen molar-refractivity contribution in [3.8, 4) is 0 Å². The number of hydrogen-bond acceptors (Lipinski definition) is 1. The molecule has 0 spiro atoms. The van der Waals surface area contributed by atoms with Gasteiger partial charge in [0.05, 0.1) is 0 Å². The fourth-order valence-electron chi connectivity index (χ4n) is 1.48. The van der Waals surface area contributed by atoms with Crippen molar-refractivity contribution in [3.05, 3.63) is 0 Å². The third kappa shape index (κ3) is 10.1. The van der Waals surface area contributed by atoms with Crippen LogP contribution in [0.1, 0.15) is 54.4 Å². The molecule has 0 aromatic heterocycles. The molecule has 0 radical (unpaired) electrons. The van der Waals surface area contributed by atoms with Crippen molar-refractivity contribution in [2.24, 2.45) is 5.41 Å². The molecule has 0 aromatic carbocycles. The van der Waals surface area contributed by atoms with Crippen LogP contribution in [0.15, 0.2) is 0 Å². The molecule has 0 aliphatic heterocycles. The fraction of sp³-hybridized carbons (Fsp3) is 1.00. The van der Waals surface area contributed by atoms with E-state index in [1.165, 1.54) is 0 Å². The summed E-state index contributed by atoms with van der Waals surface area (Å²) in [5, 5.41) is 3.08. The Kier molecular flexibility index (Phi) is 4.71. The summed E-state index contributed by atoms with van der Waals surface area (Å²) in [6, 6.07) is 0. The lowest BCUT2D eigenvalue weighted by molar-refractivity contribution is -0.0430. The minimum absolute atomic E-state index is 0.0498. The predicted octanol–water partition coefficient (Wildman–Crippen LogP) is 3.84. The van der Waals surface area contributed by atoms with Gasteiger partial charge in [-0.3, -0.25) is 0 Å². The molecule has 0 atom stereocenters. The Morgan fingerprint density at radius 2 is 1.40 bits per heavy atom. The van der Waals surface area contributed by atoms with Crippen LogP contribution < -0.4 is 5.32 Å². The van der Waals surface area contributed by atoms with Gasteiger partial charge in [0.2, 0.25) is 5.92 Å². The van der Waals surface area contributed by atoms with Gasteiger partial charge in [-0.15, -0.1) is 0 Å². The Morgan fingerprint density at radius 1 is 0.933 bits per heavy atom. The molecule has 0 amide bonds. The highest BCUT2D eigenvalue weighted by molar-refractivity contribution is 4.78. The first-order chi connectivity index (χ1) is 6.41. The Labute approximate surface area is 92.6 Å². The topological polar surface area (TPSA) is 12.0 Å². The summed E-state index contributed by atoms with van der Waals surface area (Å²) in [4.78, 5) is 0. The lowest BCUT2D eigenvalue weighted by atomic mass is 9.87. The maximum Gasteiger partial charge on any atom is 0.249 e. The summed E-state index contributed by atoms with van der Waals surface area (Å²) in [5.41, 5.74) is -0.400. The first-order valence-corrected chi connectivity index (χ1v) is 5.54. The number of nitrogens with one attached hydrogen (secondary N) is 1. The molecule has 0 unspecified atom stereocenters. The van der Waals surface area contributed by atoms with Crippen molar-refractivity contribution in [2.75, 3.05) is 6.54 Å². The Bertz CT molecular complexity index is 187. The highest BCUT2D eigenvalue weighted by Gasteiger charge is 2.33. The van der Waals surface area contributed by atoms with Gasteiger partial charge in [0, 0.05) is 24.9 Å². The summed E-state index contributed by atoms with van der Waals surface area (Å²) >= 11 is 0. The van der Waals surface area contributed by atoms with E-state index >= 15 is 0 Å². The highest BCUT2D eigenvalue weighted by Crippen LogP contribution is 2.33. The van der Waals surface area contributed by atoms with E-state index < -0.39 is 5.92 Å². The van der Waals surface area contributed by atoms with E-state index in [2.05, 4.69) is 5.32 Å². The van der Waals surface area contributed by atoms with Gasteiger partial charge in [0.15, 0.2) is 0 Å². The molecule has 1 N–H and O–H groups in total. The summed E-state index contributed by atoms with van der Waals surface area (Å²) in [5.74, 6) is -2.56. The molecule has 15 heavy (non-hydrogen) atoms. The monoisotopic (exact) mass is 221 g/mol. The van der Waals surface area contributed by atoms with Crippen molar-refractivity contribution in [3.63, 3.8) is 0 Å². The van der Waals surface area contributed by atoms with Crippen molar-refractivity contribution in [2.45, 2.75) is 65.8 Å². The van der Waals surface area contributed by atoms with Gasteiger partial charge >= 0.3 is 0 Å². The molecule has 0 aliphatic rings. The van der Waals surface area contributed by atoms with Gasteiger partial charge in [0.1, 0.15) is 0 Å². The third-order valence-electron chi connectivity index (χ3n) is 1.94. The van der Waals surface area contributed by atoms with Gasteiger partial charge in [-0.2, -0.15) is 0 Å². The van der Waals surface area contributed by atoms with Gasteiger partial charge < -0.3 is 5.32 Å². The SMILES string of the molecule is CC(C)(C)CC(F)(F)CCNC(C)(C)C. The van der Waals surface area contributed by atoms with E-state index in [1.54, 1.807) is 0 Å². The smallest absolute Gasteiger partial charge is 0.249 e. The first kappa shape index (κ1) is 14.8. The molecule has 0 saturated carbocycles. The normalized spacial score (nSPS) is 14.4. The standard InChI is InChI=1S/C12H25F2N/c1-10(2,3)9-12(13,14)7-8-15-11(4,5)6/h15H,7-9H2,1-6H3. The Hall–Kier alpha value is -0.180. The molecule has 1 nitrogen and oxygen atoms in total. The maximum atomic E-state index is 13.5. The Morgan fingerprint density at radius 3 is 1.73 bits per heavy atom. The second kappa shape index (κ2) is 4.77. The average Bonchev–Trinajstić information content (AvgIpc) is 1.75. The van der Waals surface area contributed by atoms with E-state index in [0.29, 0.717) is 6.54 Å². The van der Waals surface area contributed by atoms with Crippen LogP contribution >= 0.6 is 0 Å². The number of alkyl halides is 2. The minimum Gasteiger partial charge on any atom is -0.312 e. The zero-order chi connectivity index (χ0) is 12.3. The minimum atomic E-state index is -2.56. The quantitative estimate of drug-likeness (QED) is 0.760. The highest BCUT2D eigenvalue weighted by atomic mass is 19.3. The van der Waals surface area contributed by atoms with E-state index in [4.69, 9.17) is 0 Å². The summed E-state index contributed by atoms with van der Waals surface area (Å²) < 4.78 is 26.9. The lowest BCUT2D eigenvalue weighted by Crippen LogP contribution is -2.39. The number of hydrogen-bond donors (Lipinski definition) is 1. The second-order valence-corrected chi connectivity index (χ2v) is 6.52. The Balaban J connectivity index is 3.95. The van der Waals surface area contributed by atoms with Gasteiger partial charge in [-0.25, -0.2) is 8.78 Å². The average molecular weight is 221 g/mol. The first-order valence-electron chi connectivity index (χ1n) is 5.54. The van der Waals surface area contributed by atoms with Crippen molar-refractivity contribution >= 4 is 0 Å². The van der Waals surface area contributed by atoms with Crippen molar-refractivity contribution < 1.29 is 8.78 Å². The van der Waals surface area contributed by atoms with Crippen LogP contribution in [-0.2, 0) is 0 Å². The molecule has 92 valence electrons. The summed E-state index contributed by atoms with van der Waals surface area (Å²) in [6.45, 7) is 11.8. The molecular weight excluding hydrogens is 196 g/mol. The second-order valence-electron chi connectivity index (χ2n) is 6.52. The molecule has 0 bridgehead atoms. The lowest BCUT2D eigenvalue weighted by Gasteiger charge is -2.27. The molecular formula is C12H25F2N. The van der Waals surface area contributed by atoms with E-state index in [1.807, 2.05) is 41.5 Å². The zero-order valence-electron chi connectivity index (χ0n) is 10.9. The van der Waals surface area contributed by atoms with Crippen LogP contribution in [0.4, 0.5) is 8.78 Å². The molecule has 0 fully saturated rings. The summed E-state index contributed by atoms with van der Waals surface area (Å²) in [7, 11) is 0. The van der Waals surface area contributed by atoms with Crippen LogP contribution in [-0.4, -0.2) is 18.0 Å². The van der Waals surface area contributed by atoms with Crippen LogP contribution in [0.5, 0.6) is 0 Å². The third-order valence-corrected chi connectivity index (χ3v) is 1.94. The molecule has 3 heteroatoms. The molecule has 0 rings (SSSR count). The van der Waals surface area contributed by atoms with E-state index in [9.17, 15) is 8.78 Å². The van der Waals surface area contributed by atoms with Crippen LogP contribution in [0, 0.1) is 5.41 Å². The maximum absolute atomic E-state index is 13.5. The van der Waals surface area contributed by atoms with Crippen LogP contribution in [0.2, 0.25) is 0 Å². The molecule has 0 aromatic rings. The summed E-state index contributed by atoms with van der Waals surface area (Å²) in [6.07, 6.45) is -0.132. The van der Waals surface area contributed by atoms with Crippen LogP contribution in [0.25, 0.3) is 0 Å². The van der Waals surface area contributed by atoms with Crippen molar-refractivity contribution in [1.82, 2.24) is 5.32 Å². The molecule has 0 saturated heterocycles. The molecule has 0 heterocycles. The van der Waals surface area contributed by atoms with Crippen molar-refractivity contribution in [1.29, 1.82) is 0 Å². The number of rotatable bonds is 4. The fourth-order valence-corrected chi connectivity index (χ4v) is 1.48. The van der Waals surface area contributed by atoms with E-state index in [-0.39, 0.29) is 23.8 Å². The number of halogens is 2. The largest absolute Gasteiger partial charge is 0.312 e. The van der Waals surface area contributed by atoms with E-state index in [0.717, 1.165) is 0 Å². The van der Waals surface area contributed by atoms with Gasteiger partial charge in [-0.1, -0.05) is 20.8 Å². The van der Waals surface area contributed by atoms with Gasteiger partial charge in [-0.05, 0) is 26.2 Å². The van der Waals surface area contributed by atoms with Gasteiger partial charge in [0.25, 0.3) is 0 Å². The zero-order valence-corrected chi connectivity index (χ0v) is 10.9. The molecule has 0 aliphatic carbocycles. The van der Waals surface area contributed by atoms with Crippen LogP contribution in [0.3, 0.4) is 0 Å².